The van der Waals surface area contributed by atoms with Crippen LogP contribution in [0.25, 0.3) is 5.65 Å². The van der Waals surface area contributed by atoms with Crippen molar-refractivity contribution >= 4 is 21.6 Å². The Morgan fingerprint density at radius 2 is 2.21 bits per heavy atom. The third-order valence-corrected chi connectivity index (χ3v) is 2.40. The van der Waals surface area contributed by atoms with Gasteiger partial charge in [-0.1, -0.05) is 0 Å². The quantitative estimate of drug-likeness (QED) is 0.718. The van der Waals surface area contributed by atoms with E-state index in [0.29, 0.717) is 11.3 Å². The Kier molecular flexibility index (Phi) is 2.15. The number of hydrogen-bond donors (Lipinski definition) is 0. The monoisotopic (exact) mass is 251 g/mol. The Morgan fingerprint density at radius 1 is 1.50 bits per heavy atom. The Bertz CT molecular complexity index is 560. The van der Waals surface area contributed by atoms with Gasteiger partial charge >= 0.3 is 0 Å². The molecule has 71 valence electrons. The van der Waals surface area contributed by atoms with Crippen LogP contribution >= 0.6 is 15.9 Å². The number of hydrogen-bond acceptors (Lipinski definition) is 2. The van der Waals surface area contributed by atoms with Crippen molar-refractivity contribution in [2.24, 2.45) is 0 Å². The molecule has 0 amide bonds. The van der Waals surface area contributed by atoms with E-state index in [1.807, 2.05) is 13.0 Å². The van der Waals surface area contributed by atoms with Gasteiger partial charge in [-0.3, -0.25) is 9.20 Å². The van der Waals surface area contributed by atoms with Crippen LogP contribution in [0.5, 0.6) is 0 Å². The maximum Gasteiger partial charge on any atom is 0.258 e. The van der Waals surface area contributed by atoms with E-state index in [2.05, 4.69) is 27.8 Å². The summed E-state index contributed by atoms with van der Waals surface area (Å²) in [5.41, 5.74) is 2.00. The Balaban J connectivity index is 3.02. The summed E-state index contributed by atoms with van der Waals surface area (Å²) in [7, 11) is 0. The van der Waals surface area contributed by atoms with Crippen molar-refractivity contribution in [1.82, 2.24) is 9.38 Å². The van der Waals surface area contributed by atoms with Gasteiger partial charge in [-0.2, -0.15) is 0 Å². The second-order valence-electron chi connectivity index (χ2n) is 3.12. The van der Waals surface area contributed by atoms with E-state index in [1.54, 1.807) is 6.20 Å². The van der Waals surface area contributed by atoms with Crippen LogP contribution < -0.4 is 5.56 Å². The summed E-state index contributed by atoms with van der Waals surface area (Å²) in [6.45, 7) is 5.57. The second kappa shape index (κ2) is 3.20. The molecular weight excluding hydrogens is 244 g/mol. The first-order valence-electron chi connectivity index (χ1n) is 4.09. The minimum absolute atomic E-state index is 0.107. The molecule has 2 aromatic heterocycles. The third kappa shape index (κ3) is 1.46. The highest BCUT2D eigenvalue weighted by Crippen LogP contribution is 2.14. The Morgan fingerprint density at radius 3 is 2.93 bits per heavy atom. The van der Waals surface area contributed by atoms with E-state index in [0.717, 1.165) is 10.0 Å². The van der Waals surface area contributed by atoms with Gasteiger partial charge in [0.15, 0.2) is 0 Å². The molecule has 2 rings (SSSR count). The molecule has 0 fully saturated rings. The molecule has 0 N–H and O–H groups in total. The fraction of sp³-hybridized carbons (Fsp3) is 0.100. The van der Waals surface area contributed by atoms with E-state index >= 15 is 0 Å². The molecule has 2 aromatic rings. The molecule has 14 heavy (non-hydrogen) atoms. The van der Waals surface area contributed by atoms with Crippen LogP contribution in [-0.4, -0.2) is 9.38 Å². The van der Waals surface area contributed by atoms with Crippen LogP contribution in [-0.2, 0) is 0 Å². The maximum absolute atomic E-state index is 11.6. The molecule has 2 heterocycles. The molecule has 0 bridgehead atoms. The van der Waals surface area contributed by atoms with E-state index in [-0.39, 0.29) is 5.56 Å². The topological polar surface area (TPSA) is 34.4 Å². The first kappa shape index (κ1) is 9.40. The summed E-state index contributed by atoms with van der Waals surface area (Å²) in [5, 5.41) is 0. The predicted molar refractivity (Wildman–Crippen MR) is 58.4 cm³/mol. The molecular formula is C10H8BrN2O. The minimum atomic E-state index is -0.107. The third-order valence-electron chi connectivity index (χ3n) is 1.96. The number of fused-ring (bicyclic) bond motifs is 1. The van der Waals surface area contributed by atoms with Gasteiger partial charge in [-0.15, -0.1) is 0 Å². The van der Waals surface area contributed by atoms with Crippen molar-refractivity contribution < 1.29 is 0 Å². The van der Waals surface area contributed by atoms with Crippen molar-refractivity contribution in [2.45, 2.75) is 6.92 Å². The predicted octanol–water partition coefficient (Wildman–Crippen LogP) is 1.95. The van der Waals surface area contributed by atoms with Gasteiger partial charge in [0.25, 0.3) is 5.56 Å². The largest absolute Gasteiger partial charge is 0.269 e. The van der Waals surface area contributed by atoms with Crippen molar-refractivity contribution in [1.29, 1.82) is 0 Å². The summed E-state index contributed by atoms with van der Waals surface area (Å²) >= 11 is 3.33. The zero-order valence-electron chi connectivity index (χ0n) is 7.62. The normalized spacial score (nSPS) is 10.8. The fourth-order valence-electron chi connectivity index (χ4n) is 1.37. The van der Waals surface area contributed by atoms with Crippen molar-refractivity contribution in [3.8, 4) is 0 Å². The Labute approximate surface area is 89.5 Å². The summed E-state index contributed by atoms with van der Waals surface area (Å²) in [4.78, 5) is 15.8. The molecule has 3 nitrogen and oxygen atoms in total. The molecule has 0 aromatic carbocycles. The van der Waals surface area contributed by atoms with Crippen LogP contribution in [0.1, 0.15) is 11.3 Å². The zero-order valence-corrected chi connectivity index (χ0v) is 9.21. The summed E-state index contributed by atoms with van der Waals surface area (Å²) in [6.07, 6.45) is 1.71. The van der Waals surface area contributed by atoms with Crippen LogP contribution in [0.2, 0.25) is 0 Å². The van der Waals surface area contributed by atoms with E-state index in [4.69, 9.17) is 0 Å². The molecule has 0 saturated heterocycles. The molecule has 0 aliphatic rings. The number of nitrogens with zero attached hydrogens (tertiary/aromatic N) is 2. The van der Waals surface area contributed by atoms with Gasteiger partial charge in [-0.05, 0) is 41.4 Å². The van der Waals surface area contributed by atoms with Crippen LogP contribution in [0.4, 0.5) is 0 Å². The number of halogens is 1. The van der Waals surface area contributed by atoms with Gasteiger partial charge < -0.3 is 0 Å². The van der Waals surface area contributed by atoms with Crippen molar-refractivity contribution in [2.75, 3.05) is 0 Å². The molecule has 0 saturated carbocycles. The molecule has 0 spiro atoms. The van der Waals surface area contributed by atoms with Gasteiger partial charge in [0, 0.05) is 22.4 Å². The fourth-order valence-corrected chi connectivity index (χ4v) is 1.92. The van der Waals surface area contributed by atoms with E-state index in [9.17, 15) is 4.79 Å². The lowest BCUT2D eigenvalue weighted by molar-refractivity contribution is 1.01. The van der Waals surface area contributed by atoms with Gasteiger partial charge in [0.05, 0.1) is 0 Å². The minimum Gasteiger partial charge on any atom is -0.269 e. The van der Waals surface area contributed by atoms with E-state index in [1.165, 1.54) is 10.5 Å². The number of aromatic nitrogens is 2. The first-order chi connectivity index (χ1) is 6.58. The lowest BCUT2D eigenvalue weighted by Gasteiger charge is -2.04. The summed E-state index contributed by atoms with van der Waals surface area (Å²) < 4.78 is 2.37. The van der Waals surface area contributed by atoms with Crippen molar-refractivity contribution in [3.05, 3.63) is 51.3 Å². The lowest BCUT2D eigenvalue weighted by Crippen LogP contribution is -2.15. The van der Waals surface area contributed by atoms with Crippen LogP contribution in [0, 0.1) is 13.8 Å². The smallest absolute Gasteiger partial charge is 0.258 e. The summed E-state index contributed by atoms with van der Waals surface area (Å²) in [5.74, 6) is 0. The molecule has 0 unspecified atom stereocenters. The number of pyridine rings is 1. The van der Waals surface area contributed by atoms with E-state index < -0.39 is 0 Å². The lowest BCUT2D eigenvalue weighted by atomic mass is 10.3. The van der Waals surface area contributed by atoms with Gasteiger partial charge in [-0.25, -0.2) is 4.98 Å². The van der Waals surface area contributed by atoms with Crippen molar-refractivity contribution in [3.63, 3.8) is 0 Å². The summed E-state index contributed by atoms with van der Waals surface area (Å²) in [6, 6.07) is 3.33. The number of aryl methyl sites for hydroxylation is 1. The maximum atomic E-state index is 11.6. The second-order valence-corrected chi connectivity index (χ2v) is 4.04. The standard InChI is InChI=1S/C10H8BrN2O/c1-6-3-8(11)5-13-9(14)4-7(2)12-10(6)13/h3-5H,2H2,1H3. The highest BCUT2D eigenvalue weighted by Gasteiger charge is 2.03. The molecule has 0 atom stereocenters. The average molecular weight is 252 g/mol. The van der Waals surface area contributed by atoms with Crippen LogP contribution in [0.3, 0.4) is 0 Å². The van der Waals surface area contributed by atoms with Crippen LogP contribution in [0.15, 0.2) is 27.6 Å². The molecule has 0 aliphatic heterocycles. The Hall–Kier alpha value is -1.16. The first-order valence-corrected chi connectivity index (χ1v) is 4.89. The highest BCUT2D eigenvalue weighted by molar-refractivity contribution is 9.10. The van der Waals surface area contributed by atoms with Gasteiger partial charge in [0.2, 0.25) is 0 Å². The van der Waals surface area contributed by atoms with Gasteiger partial charge in [0.1, 0.15) is 5.65 Å². The highest BCUT2D eigenvalue weighted by atomic mass is 79.9. The molecule has 0 aliphatic carbocycles. The average Bonchev–Trinajstić information content (AvgIpc) is 2.07. The molecule has 4 heteroatoms. The number of rotatable bonds is 0. The molecule has 1 radical (unpaired) electrons. The SMILES string of the molecule is [CH2]c1cc(=O)n2cc(Br)cc(C)c2n1. The zero-order chi connectivity index (χ0) is 10.3.